The second-order valence-electron chi connectivity index (χ2n) is 6.37. The largest absolute Gasteiger partial charge is 0.350 e. The van der Waals surface area contributed by atoms with Gasteiger partial charge in [-0.05, 0) is 45.0 Å². The minimum atomic E-state index is -0.122. The van der Waals surface area contributed by atoms with E-state index in [1.807, 2.05) is 24.6 Å². The van der Waals surface area contributed by atoms with Gasteiger partial charge in [0.15, 0.2) is 0 Å². The molecule has 124 valence electrons. The predicted octanol–water partition coefficient (Wildman–Crippen LogP) is 1.78. The zero-order valence-corrected chi connectivity index (χ0v) is 13.7. The Hall–Kier alpha value is -2.08. The van der Waals surface area contributed by atoms with E-state index in [1.54, 1.807) is 12.1 Å². The molecule has 2 aromatic rings. The molecule has 1 heterocycles. The van der Waals surface area contributed by atoms with Crippen molar-refractivity contribution in [1.82, 2.24) is 20.2 Å². The Labute approximate surface area is 135 Å². The van der Waals surface area contributed by atoms with Gasteiger partial charge in [0.1, 0.15) is 0 Å². The predicted molar refractivity (Wildman–Crippen MR) is 90.9 cm³/mol. The van der Waals surface area contributed by atoms with Crippen LogP contribution in [-0.4, -0.2) is 35.1 Å². The summed E-state index contributed by atoms with van der Waals surface area (Å²) in [6.45, 7) is 2.57. The standard InChI is InChI=1S/C17H24N4O2/c1-11(18-2)10-19-16(22)12-7-8-15-14(9-12)20-17(23)21(15)13-5-3-4-6-13/h7-9,11,13,18H,3-6,10H2,1-2H3,(H,19,22)(H,20,23). The Kier molecular flexibility index (Phi) is 4.52. The fourth-order valence-electron chi connectivity index (χ4n) is 3.25. The molecule has 0 bridgehead atoms. The fraction of sp³-hybridized carbons (Fsp3) is 0.529. The number of hydrogen-bond donors (Lipinski definition) is 3. The summed E-state index contributed by atoms with van der Waals surface area (Å²) in [4.78, 5) is 27.4. The molecule has 1 atom stereocenters. The van der Waals surface area contributed by atoms with Gasteiger partial charge in [0.2, 0.25) is 0 Å². The molecule has 23 heavy (non-hydrogen) atoms. The zero-order chi connectivity index (χ0) is 16.4. The maximum Gasteiger partial charge on any atom is 0.326 e. The number of hydrogen-bond acceptors (Lipinski definition) is 3. The van der Waals surface area contributed by atoms with Crippen molar-refractivity contribution in [2.24, 2.45) is 0 Å². The summed E-state index contributed by atoms with van der Waals surface area (Å²) < 4.78 is 1.85. The van der Waals surface area contributed by atoms with Crippen LogP contribution in [0.3, 0.4) is 0 Å². The number of amides is 1. The van der Waals surface area contributed by atoms with Gasteiger partial charge in [-0.15, -0.1) is 0 Å². The summed E-state index contributed by atoms with van der Waals surface area (Å²) >= 11 is 0. The summed E-state index contributed by atoms with van der Waals surface area (Å²) in [5.74, 6) is -0.122. The zero-order valence-electron chi connectivity index (χ0n) is 13.7. The number of nitrogens with zero attached hydrogens (tertiary/aromatic N) is 1. The first-order valence-electron chi connectivity index (χ1n) is 8.30. The molecule has 1 amide bonds. The lowest BCUT2D eigenvalue weighted by Gasteiger charge is -2.12. The maximum absolute atomic E-state index is 12.3. The quantitative estimate of drug-likeness (QED) is 0.787. The van der Waals surface area contributed by atoms with E-state index in [-0.39, 0.29) is 23.7 Å². The van der Waals surface area contributed by atoms with Crippen molar-refractivity contribution in [3.63, 3.8) is 0 Å². The third-order valence-electron chi connectivity index (χ3n) is 4.73. The lowest BCUT2D eigenvalue weighted by molar-refractivity contribution is 0.0950. The lowest BCUT2D eigenvalue weighted by atomic mass is 10.1. The minimum Gasteiger partial charge on any atom is -0.350 e. The molecular weight excluding hydrogens is 292 g/mol. The number of fused-ring (bicyclic) bond motifs is 1. The second kappa shape index (κ2) is 6.58. The van der Waals surface area contributed by atoms with Crippen LogP contribution in [0, 0.1) is 0 Å². The third-order valence-corrected chi connectivity index (χ3v) is 4.73. The van der Waals surface area contributed by atoms with E-state index in [9.17, 15) is 9.59 Å². The van der Waals surface area contributed by atoms with Gasteiger partial charge < -0.3 is 15.6 Å². The Morgan fingerprint density at radius 1 is 1.39 bits per heavy atom. The first-order chi connectivity index (χ1) is 11.1. The topological polar surface area (TPSA) is 78.9 Å². The molecule has 1 unspecified atom stereocenters. The summed E-state index contributed by atoms with van der Waals surface area (Å²) in [5.41, 5.74) is 2.12. The molecule has 1 aliphatic rings. The number of nitrogens with one attached hydrogen (secondary N) is 3. The fourth-order valence-corrected chi connectivity index (χ4v) is 3.25. The summed E-state index contributed by atoms with van der Waals surface area (Å²) in [6, 6.07) is 5.93. The first kappa shape index (κ1) is 15.8. The average Bonchev–Trinajstić information content (AvgIpc) is 3.17. The second-order valence-corrected chi connectivity index (χ2v) is 6.37. The van der Waals surface area contributed by atoms with E-state index in [0.717, 1.165) is 23.9 Å². The van der Waals surface area contributed by atoms with E-state index in [4.69, 9.17) is 0 Å². The monoisotopic (exact) mass is 316 g/mol. The number of rotatable bonds is 5. The lowest BCUT2D eigenvalue weighted by Crippen LogP contribution is -2.37. The van der Waals surface area contributed by atoms with Gasteiger partial charge in [-0.1, -0.05) is 12.8 Å². The molecule has 1 fully saturated rings. The van der Waals surface area contributed by atoms with E-state index in [0.29, 0.717) is 12.1 Å². The van der Waals surface area contributed by atoms with Crippen LogP contribution in [0.15, 0.2) is 23.0 Å². The van der Waals surface area contributed by atoms with E-state index < -0.39 is 0 Å². The smallest absolute Gasteiger partial charge is 0.326 e. The van der Waals surface area contributed by atoms with Gasteiger partial charge in [0, 0.05) is 24.2 Å². The highest BCUT2D eigenvalue weighted by molar-refractivity contribution is 5.97. The van der Waals surface area contributed by atoms with Crippen LogP contribution in [0.5, 0.6) is 0 Å². The molecule has 0 spiro atoms. The number of H-pyrrole nitrogens is 1. The minimum absolute atomic E-state index is 0.0757. The molecular formula is C17H24N4O2. The van der Waals surface area contributed by atoms with Crippen molar-refractivity contribution in [2.75, 3.05) is 13.6 Å². The van der Waals surface area contributed by atoms with Crippen LogP contribution in [0.25, 0.3) is 11.0 Å². The number of carbonyl (C=O) groups excluding carboxylic acids is 1. The number of aromatic nitrogens is 2. The number of aromatic amines is 1. The molecule has 1 aromatic heterocycles. The molecule has 3 rings (SSSR count). The van der Waals surface area contributed by atoms with Gasteiger partial charge >= 0.3 is 5.69 Å². The summed E-state index contributed by atoms with van der Waals surface area (Å²) in [7, 11) is 1.86. The van der Waals surface area contributed by atoms with Crippen molar-refractivity contribution < 1.29 is 4.79 Å². The van der Waals surface area contributed by atoms with Gasteiger partial charge in [0.05, 0.1) is 11.0 Å². The van der Waals surface area contributed by atoms with Crippen LogP contribution >= 0.6 is 0 Å². The molecule has 1 aliphatic carbocycles. The number of carbonyl (C=O) groups is 1. The highest BCUT2D eigenvalue weighted by atomic mass is 16.2. The summed E-state index contributed by atoms with van der Waals surface area (Å²) in [6.07, 6.45) is 4.45. The third kappa shape index (κ3) is 3.17. The van der Waals surface area contributed by atoms with E-state index in [1.165, 1.54) is 12.8 Å². The Morgan fingerprint density at radius 2 is 2.13 bits per heavy atom. The maximum atomic E-state index is 12.3. The Balaban J connectivity index is 1.85. The molecule has 6 heteroatoms. The van der Waals surface area contributed by atoms with Gasteiger partial charge in [-0.2, -0.15) is 0 Å². The SMILES string of the molecule is CNC(C)CNC(=O)c1ccc2c(c1)[nH]c(=O)n2C1CCCC1. The highest BCUT2D eigenvalue weighted by Gasteiger charge is 2.21. The average molecular weight is 316 g/mol. The summed E-state index contributed by atoms with van der Waals surface area (Å²) in [5, 5.41) is 5.97. The van der Waals surface area contributed by atoms with Crippen molar-refractivity contribution in [3.8, 4) is 0 Å². The Bertz CT molecular complexity index is 756. The molecule has 0 radical (unpaired) electrons. The van der Waals surface area contributed by atoms with Crippen molar-refractivity contribution >= 4 is 16.9 Å². The van der Waals surface area contributed by atoms with E-state index >= 15 is 0 Å². The van der Waals surface area contributed by atoms with Crippen LogP contribution < -0.4 is 16.3 Å². The Morgan fingerprint density at radius 3 is 2.83 bits per heavy atom. The van der Waals surface area contributed by atoms with Crippen molar-refractivity contribution in [1.29, 1.82) is 0 Å². The first-order valence-corrected chi connectivity index (χ1v) is 8.30. The molecule has 0 saturated heterocycles. The van der Waals surface area contributed by atoms with Crippen LogP contribution in [-0.2, 0) is 0 Å². The number of benzene rings is 1. The van der Waals surface area contributed by atoms with E-state index in [2.05, 4.69) is 15.6 Å². The van der Waals surface area contributed by atoms with Gasteiger partial charge in [-0.25, -0.2) is 4.79 Å². The van der Waals surface area contributed by atoms with Crippen LogP contribution in [0.4, 0.5) is 0 Å². The molecule has 3 N–H and O–H groups in total. The van der Waals surface area contributed by atoms with Crippen LogP contribution in [0.1, 0.15) is 49.0 Å². The normalized spacial score (nSPS) is 16.8. The molecule has 1 saturated carbocycles. The van der Waals surface area contributed by atoms with Crippen molar-refractivity contribution in [2.45, 2.75) is 44.7 Å². The van der Waals surface area contributed by atoms with Crippen molar-refractivity contribution in [3.05, 3.63) is 34.2 Å². The number of imidazole rings is 1. The number of likely N-dealkylation sites (N-methyl/N-ethyl adjacent to an activating group) is 1. The molecule has 6 nitrogen and oxygen atoms in total. The van der Waals surface area contributed by atoms with Crippen LogP contribution in [0.2, 0.25) is 0 Å². The molecule has 0 aliphatic heterocycles. The van der Waals surface area contributed by atoms with Gasteiger partial charge in [0.25, 0.3) is 5.91 Å². The van der Waals surface area contributed by atoms with Gasteiger partial charge in [-0.3, -0.25) is 9.36 Å². The highest BCUT2D eigenvalue weighted by Crippen LogP contribution is 2.30. The molecule has 1 aromatic carbocycles.